The number of hydrogen-bond acceptors (Lipinski definition) is 2. The van der Waals surface area contributed by atoms with E-state index < -0.39 is 0 Å². The third-order valence-electron chi connectivity index (χ3n) is 3.62. The molecule has 0 amide bonds. The van der Waals surface area contributed by atoms with Gasteiger partial charge in [-0.25, -0.2) is 8.78 Å². The monoisotopic (exact) mass is 290 g/mol. The van der Waals surface area contributed by atoms with Crippen molar-refractivity contribution in [1.29, 1.82) is 0 Å². The van der Waals surface area contributed by atoms with E-state index in [-0.39, 0.29) is 17.7 Å². The van der Waals surface area contributed by atoms with Crippen LogP contribution >= 0.6 is 0 Å². The van der Waals surface area contributed by atoms with Gasteiger partial charge in [0.05, 0.1) is 0 Å². The summed E-state index contributed by atoms with van der Waals surface area (Å²) in [6, 6.07) is 13.1. The summed E-state index contributed by atoms with van der Waals surface area (Å²) in [7, 11) is 3.83. The molecule has 0 radical (unpaired) electrons. The molecule has 0 heterocycles. The van der Waals surface area contributed by atoms with E-state index in [1.807, 2.05) is 20.2 Å². The Kier molecular flexibility index (Phi) is 5.28. The number of benzene rings is 2. The second-order valence-electron chi connectivity index (χ2n) is 5.08. The van der Waals surface area contributed by atoms with Crippen molar-refractivity contribution >= 4 is 5.69 Å². The Morgan fingerprint density at radius 1 is 1.05 bits per heavy atom. The fraction of sp³-hybridized carbons (Fsp3) is 0.294. The van der Waals surface area contributed by atoms with Crippen molar-refractivity contribution in [3.8, 4) is 0 Å². The highest BCUT2D eigenvalue weighted by molar-refractivity contribution is 5.45. The molecular formula is C17H20F2N2. The Labute approximate surface area is 124 Å². The van der Waals surface area contributed by atoms with E-state index in [4.69, 9.17) is 0 Å². The van der Waals surface area contributed by atoms with Crippen LogP contribution in [0.4, 0.5) is 14.5 Å². The molecule has 0 fully saturated rings. The summed E-state index contributed by atoms with van der Waals surface area (Å²) in [5, 5.41) is 3.21. The predicted molar refractivity (Wildman–Crippen MR) is 82.5 cm³/mol. The minimum Gasteiger partial charge on any atom is -0.375 e. The molecule has 0 aliphatic carbocycles. The summed E-state index contributed by atoms with van der Waals surface area (Å²) in [6.07, 6.45) is 0.827. The Hall–Kier alpha value is -1.94. The van der Waals surface area contributed by atoms with Crippen LogP contribution in [-0.2, 0) is 0 Å². The van der Waals surface area contributed by atoms with E-state index in [0.717, 1.165) is 24.2 Å². The number of hydrogen-bond donors (Lipinski definition) is 1. The number of rotatable bonds is 6. The summed E-state index contributed by atoms with van der Waals surface area (Å²) in [6.45, 7) is 0.785. The maximum absolute atomic E-state index is 13.3. The largest absolute Gasteiger partial charge is 0.375 e. The van der Waals surface area contributed by atoms with Gasteiger partial charge in [0.15, 0.2) is 0 Å². The molecule has 21 heavy (non-hydrogen) atoms. The van der Waals surface area contributed by atoms with Crippen LogP contribution < -0.4 is 10.2 Å². The Bertz CT molecular complexity index is 569. The van der Waals surface area contributed by atoms with E-state index in [9.17, 15) is 8.78 Å². The summed E-state index contributed by atoms with van der Waals surface area (Å²) >= 11 is 0. The second-order valence-corrected chi connectivity index (χ2v) is 5.08. The molecule has 2 aromatic carbocycles. The third-order valence-corrected chi connectivity index (χ3v) is 3.62. The lowest BCUT2D eigenvalue weighted by Gasteiger charge is -2.23. The van der Waals surface area contributed by atoms with Crippen molar-refractivity contribution in [3.63, 3.8) is 0 Å². The van der Waals surface area contributed by atoms with E-state index >= 15 is 0 Å². The van der Waals surface area contributed by atoms with Gasteiger partial charge in [-0.1, -0.05) is 12.1 Å². The SMILES string of the molecule is CNC(CCN(C)c1ccc(F)cc1)c1cccc(F)c1. The van der Waals surface area contributed by atoms with Crippen LogP contribution in [0.2, 0.25) is 0 Å². The van der Waals surface area contributed by atoms with Gasteiger partial charge in [-0.05, 0) is 55.4 Å². The molecule has 112 valence electrons. The molecule has 0 aliphatic heterocycles. The van der Waals surface area contributed by atoms with Crippen molar-refractivity contribution in [2.24, 2.45) is 0 Å². The average Bonchev–Trinajstić information content (AvgIpc) is 2.48. The topological polar surface area (TPSA) is 15.3 Å². The zero-order valence-electron chi connectivity index (χ0n) is 12.3. The molecule has 0 aliphatic rings. The quantitative estimate of drug-likeness (QED) is 0.871. The number of nitrogens with zero attached hydrogens (tertiary/aromatic N) is 1. The number of anilines is 1. The smallest absolute Gasteiger partial charge is 0.123 e. The first kappa shape index (κ1) is 15.4. The number of nitrogens with one attached hydrogen (secondary N) is 1. The van der Waals surface area contributed by atoms with Gasteiger partial charge in [0, 0.05) is 25.3 Å². The first-order chi connectivity index (χ1) is 10.1. The summed E-state index contributed by atoms with van der Waals surface area (Å²) < 4.78 is 26.2. The first-order valence-corrected chi connectivity index (χ1v) is 6.99. The maximum Gasteiger partial charge on any atom is 0.123 e. The molecule has 0 spiro atoms. The Morgan fingerprint density at radius 2 is 1.76 bits per heavy atom. The van der Waals surface area contributed by atoms with Crippen LogP contribution in [-0.4, -0.2) is 20.6 Å². The lowest BCUT2D eigenvalue weighted by atomic mass is 10.0. The third kappa shape index (κ3) is 4.26. The van der Waals surface area contributed by atoms with Gasteiger partial charge in [-0.3, -0.25) is 0 Å². The lowest BCUT2D eigenvalue weighted by Crippen LogP contribution is -2.25. The van der Waals surface area contributed by atoms with Crippen LogP contribution in [0.3, 0.4) is 0 Å². The van der Waals surface area contributed by atoms with E-state index in [2.05, 4.69) is 10.2 Å². The van der Waals surface area contributed by atoms with Crippen molar-refractivity contribution < 1.29 is 8.78 Å². The first-order valence-electron chi connectivity index (χ1n) is 6.99. The minimum atomic E-state index is -0.236. The zero-order valence-corrected chi connectivity index (χ0v) is 12.3. The summed E-state index contributed by atoms with van der Waals surface area (Å²) in [5.74, 6) is -0.459. The predicted octanol–water partition coefficient (Wildman–Crippen LogP) is 3.75. The minimum absolute atomic E-state index is 0.0867. The number of halogens is 2. The Morgan fingerprint density at radius 3 is 2.38 bits per heavy atom. The lowest BCUT2D eigenvalue weighted by molar-refractivity contribution is 0.542. The van der Waals surface area contributed by atoms with E-state index in [1.165, 1.54) is 18.2 Å². The van der Waals surface area contributed by atoms with Crippen LogP contribution in [0.5, 0.6) is 0 Å². The molecule has 1 N–H and O–H groups in total. The highest BCUT2D eigenvalue weighted by atomic mass is 19.1. The summed E-state index contributed by atoms with van der Waals surface area (Å²) in [5.41, 5.74) is 1.90. The van der Waals surface area contributed by atoms with Gasteiger partial charge in [-0.2, -0.15) is 0 Å². The average molecular weight is 290 g/mol. The molecule has 4 heteroatoms. The standard InChI is InChI=1S/C17H20F2N2/c1-20-17(13-4-3-5-15(19)12-13)10-11-21(2)16-8-6-14(18)7-9-16/h3-9,12,17,20H,10-11H2,1-2H3. The maximum atomic E-state index is 13.3. The van der Waals surface area contributed by atoms with Crippen LogP contribution in [0, 0.1) is 11.6 Å². The molecule has 0 saturated carbocycles. The van der Waals surface area contributed by atoms with Crippen molar-refractivity contribution in [2.75, 3.05) is 25.5 Å². The van der Waals surface area contributed by atoms with E-state index in [1.54, 1.807) is 24.3 Å². The summed E-state index contributed by atoms with van der Waals surface area (Å²) in [4.78, 5) is 2.06. The van der Waals surface area contributed by atoms with Crippen LogP contribution in [0.15, 0.2) is 48.5 Å². The van der Waals surface area contributed by atoms with Crippen LogP contribution in [0.25, 0.3) is 0 Å². The second kappa shape index (κ2) is 7.18. The molecule has 2 rings (SSSR count). The zero-order chi connectivity index (χ0) is 15.2. The van der Waals surface area contributed by atoms with Crippen molar-refractivity contribution in [2.45, 2.75) is 12.5 Å². The molecule has 0 bridgehead atoms. The molecule has 0 saturated heterocycles. The molecule has 0 aromatic heterocycles. The molecule has 2 aromatic rings. The Balaban J connectivity index is 1.98. The molecule has 2 nitrogen and oxygen atoms in total. The van der Waals surface area contributed by atoms with Crippen LogP contribution in [0.1, 0.15) is 18.0 Å². The molecule has 1 unspecified atom stereocenters. The van der Waals surface area contributed by atoms with Gasteiger partial charge < -0.3 is 10.2 Å². The molecule has 1 atom stereocenters. The fourth-order valence-electron chi connectivity index (χ4n) is 2.35. The highest BCUT2D eigenvalue weighted by Gasteiger charge is 2.11. The van der Waals surface area contributed by atoms with Gasteiger partial charge in [0.25, 0.3) is 0 Å². The van der Waals surface area contributed by atoms with Gasteiger partial charge in [-0.15, -0.1) is 0 Å². The van der Waals surface area contributed by atoms with E-state index in [0.29, 0.717) is 0 Å². The normalized spacial score (nSPS) is 12.2. The van der Waals surface area contributed by atoms with Crippen molar-refractivity contribution in [3.05, 3.63) is 65.7 Å². The highest BCUT2D eigenvalue weighted by Crippen LogP contribution is 2.20. The van der Waals surface area contributed by atoms with Crippen molar-refractivity contribution in [1.82, 2.24) is 5.32 Å². The van der Waals surface area contributed by atoms with Gasteiger partial charge in [0.1, 0.15) is 11.6 Å². The fourth-order valence-corrected chi connectivity index (χ4v) is 2.35. The van der Waals surface area contributed by atoms with Gasteiger partial charge >= 0.3 is 0 Å². The van der Waals surface area contributed by atoms with Gasteiger partial charge in [0.2, 0.25) is 0 Å². The molecular weight excluding hydrogens is 270 g/mol.